The van der Waals surface area contributed by atoms with Crippen LogP contribution in [0.2, 0.25) is 0 Å². The summed E-state index contributed by atoms with van der Waals surface area (Å²) in [4.78, 5) is 28.0. The van der Waals surface area contributed by atoms with Gasteiger partial charge in [-0.05, 0) is 49.7 Å². The number of rotatable bonds is 7. The predicted octanol–water partition coefficient (Wildman–Crippen LogP) is 4.69. The van der Waals surface area contributed by atoms with Gasteiger partial charge in [0.25, 0.3) is 5.91 Å². The number of aromatic nitrogens is 1. The number of carbonyl (C=O) groups is 2. The molecule has 0 radical (unpaired) electrons. The van der Waals surface area contributed by atoms with Crippen molar-refractivity contribution in [1.29, 1.82) is 0 Å². The number of anilines is 1. The number of ether oxygens (including phenoxy) is 2. The number of ketones is 1. The van der Waals surface area contributed by atoms with Crippen LogP contribution in [0.3, 0.4) is 0 Å². The van der Waals surface area contributed by atoms with Crippen LogP contribution in [-0.2, 0) is 0 Å². The average molecular weight is 390 g/mol. The Kier molecular flexibility index (Phi) is 6.24. The molecule has 0 aliphatic carbocycles. The van der Waals surface area contributed by atoms with Crippen LogP contribution in [-0.4, -0.2) is 23.8 Å². The van der Waals surface area contributed by atoms with E-state index in [0.717, 1.165) is 5.56 Å². The minimum atomic E-state index is -0.286. The first-order chi connectivity index (χ1) is 14.0. The number of hydrogen-bond donors (Lipinski definition) is 1. The molecule has 0 fully saturated rings. The fourth-order valence-corrected chi connectivity index (χ4v) is 2.75. The fourth-order valence-electron chi connectivity index (χ4n) is 2.75. The Bertz CT molecular complexity index is 998. The number of nitrogens with zero attached hydrogens (tertiary/aromatic N) is 1. The molecule has 29 heavy (non-hydrogen) atoms. The van der Waals surface area contributed by atoms with Gasteiger partial charge in [-0.3, -0.25) is 14.6 Å². The van der Waals surface area contributed by atoms with E-state index in [1.807, 2.05) is 19.1 Å². The Hall–Kier alpha value is -3.67. The Morgan fingerprint density at radius 2 is 1.62 bits per heavy atom. The van der Waals surface area contributed by atoms with E-state index >= 15 is 0 Å². The Balaban J connectivity index is 1.67. The number of carbonyl (C=O) groups excluding carboxylic acids is 2. The van der Waals surface area contributed by atoms with Crippen molar-refractivity contribution in [3.05, 3.63) is 83.7 Å². The van der Waals surface area contributed by atoms with Crippen LogP contribution in [0.4, 0.5) is 5.69 Å². The first-order valence-corrected chi connectivity index (χ1v) is 9.14. The first-order valence-electron chi connectivity index (χ1n) is 9.14. The predicted molar refractivity (Wildman–Crippen MR) is 111 cm³/mol. The lowest BCUT2D eigenvalue weighted by Gasteiger charge is -2.15. The molecule has 1 amide bonds. The molecular formula is C23H22N2O4. The average Bonchev–Trinajstić information content (AvgIpc) is 2.74. The van der Waals surface area contributed by atoms with Crippen molar-refractivity contribution in [3.8, 4) is 11.5 Å². The molecule has 0 spiro atoms. The van der Waals surface area contributed by atoms with E-state index < -0.39 is 0 Å². The molecule has 6 nitrogen and oxygen atoms in total. The van der Waals surface area contributed by atoms with Crippen molar-refractivity contribution in [2.24, 2.45) is 0 Å². The van der Waals surface area contributed by atoms with Gasteiger partial charge in [-0.1, -0.05) is 24.3 Å². The van der Waals surface area contributed by atoms with Crippen LogP contribution in [0, 0.1) is 0 Å². The molecule has 0 aliphatic rings. The topological polar surface area (TPSA) is 77.5 Å². The third kappa shape index (κ3) is 5.19. The largest absolute Gasteiger partial charge is 0.497 e. The zero-order valence-electron chi connectivity index (χ0n) is 16.5. The van der Waals surface area contributed by atoms with Crippen molar-refractivity contribution in [3.63, 3.8) is 0 Å². The number of nitrogens with one attached hydrogen (secondary N) is 1. The van der Waals surface area contributed by atoms with Crippen LogP contribution in [0.15, 0.2) is 67.0 Å². The highest BCUT2D eigenvalue weighted by atomic mass is 16.5. The molecule has 1 aromatic heterocycles. The Morgan fingerprint density at radius 3 is 2.24 bits per heavy atom. The van der Waals surface area contributed by atoms with Gasteiger partial charge < -0.3 is 14.8 Å². The first kappa shape index (κ1) is 20.1. The van der Waals surface area contributed by atoms with Gasteiger partial charge in [0.05, 0.1) is 18.9 Å². The van der Waals surface area contributed by atoms with E-state index in [-0.39, 0.29) is 17.8 Å². The molecule has 1 unspecified atom stereocenters. The number of pyridine rings is 1. The molecule has 1 heterocycles. The van der Waals surface area contributed by atoms with Gasteiger partial charge in [-0.15, -0.1) is 0 Å². The van der Waals surface area contributed by atoms with Gasteiger partial charge in [-0.2, -0.15) is 0 Å². The lowest BCUT2D eigenvalue weighted by molar-refractivity contribution is 0.101. The number of hydrogen-bond acceptors (Lipinski definition) is 5. The lowest BCUT2D eigenvalue weighted by atomic mass is 10.1. The molecule has 3 aromatic rings. The second-order valence-corrected chi connectivity index (χ2v) is 6.53. The third-order valence-electron chi connectivity index (χ3n) is 4.42. The maximum atomic E-state index is 12.5. The Morgan fingerprint density at radius 1 is 0.931 bits per heavy atom. The van der Waals surface area contributed by atoms with Gasteiger partial charge >= 0.3 is 0 Å². The summed E-state index contributed by atoms with van der Waals surface area (Å²) in [5.74, 6) is 0.928. The molecule has 148 valence electrons. The van der Waals surface area contributed by atoms with E-state index in [0.29, 0.717) is 28.3 Å². The zero-order chi connectivity index (χ0) is 20.8. The van der Waals surface area contributed by atoms with Crippen LogP contribution >= 0.6 is 0 Å². The summed E-state index contributed by atoms with van der Waals surface area (Å²) in [6.07, 6.45) is 2.78. The molecule has 2 aromatic carbocycles. The standard InChI is InChI=1S/C23H22N2O4/c1-15(26)17-4-6-18(7-5-17)16(2)29-22-12-19(13-24-14-22)23(27)25-20-8-10-21(28-3)11-9-20/h4-14,16H,1-3H3,(H,25,27). The maximum absolute atomic E-state index is 12.5. The monoisotopic (exact) mass is 390 g/mol. The molecule has 0 saturated carbocycles. The van der Waals surface area contributed by atoms with Crippen LogP contribution in [0.25, 0.3) is 0 Å². The van der Waals surface area contributed by atoms with Gasteiger partial charge in [-0.25, -0.2) is 0 Å². The minimum Gasteiger partial charge on any atom is -0.497 e. The summed E-state index contributed by atoms with van der Waals surface area (Å²) < 4.78 is 11.0. The highest BCUT2D eigenvalue weighted by Crippen LogP contribution is 2.23. The molecule has 1 N–H and O–H groups in total. The summed E-state index contributed by atoms with van der Waals surface area (Å²) in [6.45, 7) is 3.43. The Labute approximate surface area is 169 Å². The normalized spacial score (nSPS) is 11.4. The third-order valence-corrected chi connectivity index (χ3v) is 4.42. The van der Waals surface area contributed by atoms with Crippen molar-refractivity contribution < 1.29 is 19.1 Å². The molecule has 6 heteroatoms. The van der Waals surface area contributed by atoms with Crippen LogP contribution in [0.5, 0.6) is 11.5 Å². The number of amides is 1. The molecular weight excluding hydrogens is 368 g/mol. The van der Waals surface area contributed by atoms with Crippen molar-refractivity contribution in [2.75, 3.05) is 12.4 Å². The van der Waals surface area contributed by atoms with Crippen molar-refractivity contribution in [2.45, 2.75) is 20.0 Å². The zero-order valence-corrected chi connectivity index (χ0v) is 16.5. The summed E-state index contributed by atoms with van der Waals surface area (Å²) >= 11 is 0. The maximum Gasteiger partial charge on any atom is 0.257 e. The summed E-state index contributed by atoms with van der Waals surface area (Å²) in [5.41, 5.74) is 2.61. The minimum absolute atomic E-state index is 0.0184. The second-order valence-electron chi connectivity index (χ2n) is 6.53. The van der Waals surface area contributed by atoms with E-state index in [1.54, 1.807) is 55.8 Å². The molecule has 0 saturated heterocycles. The van der Waals surface area contributed by atoms with E-state index in [4.69, 9.17) is 9.47 Å². The van der Waals surface area contributed by atoms with Crippen molar-refractivity contribution in [1.82, 2.24) is 4.98 Å². The smallest absolute Gasteiger partial charge is 0.257 e. The van der Waals surface area contributed by atoms with Gasteiger partial charge in [0.1, 0.15) is 17.6 Å². The SMILES string of the molecule is COc1ccc(NC(=O)c2cncc(OC(C)c3ccc(C(C)=O)cc3)c2)cc1. The lowest BCUT2D eigenvalue weighted by Crippen LogP contribution is -2.12. The van der Waals surface area contributed by atoms with Crippen molar-refractivity contribution >= 4 is 17.4 Å². The van der Waals surface area contributed by atoms with E-state index in [2.05, 4.69) is 10.3 Å². The quantitative estimate of drug-likeness (QED) is 0.593. The highest BCUT2D eigenvalue weighted by molar-refractivity contribution is 6.04. The van der Waals surface area contributed by atoms with Gasteiger partial charge in [0, 0.05) is 17.4 Å². The number of Topliss-reactive ketones (excluding diaryl/α,β-unsaturated/α-hetero) is 1. The van der Waals surface area contributed by atoms with E-state index in [1.165, 1.54) is 13.1 Å². The number of methoxy groups -OCH3 is 1. The van der Waals surface area contributed by atoms with Crippen LogP contribution in [0.1, 0.15) is 46.2 Å². The molecule has 0 aliphatic heterocycles. The summed E-state index contributed by atoms with van der Waals surface area (Å²) in [6, 6.07) is 16.0. The second kappa shape index (κ2) is 9.01. The van der Waals surface area contributed by atoms with Gasteiger partial charge in [0.15, 0.2) is 5.78 Å². The highest BCUT2D eigenvalue weighted by Gasteiger charge is 2.12. The summed E-state index contributed by atoms with van der Waals surface area (Å²) in [5, 5.41) is 2.82. The molecule has 0 bridgehead atoms. The van der Waals surface area contributed by atoms with Gasteiger partial charge in [0.2, 0.25) is 0 Å². The molecule has 1 atom stereocenters. The fraction of sp³-hybridized carbons (Fsp3) is 0.174. The van der Waals surface area contributed by atoms with Crippen LogP contribution < -0.4 is 14.8 Å². The number of benzene rings is 2. The van der Waals surface area contributed by atoms with E-state index in [9.17, 15) is 9.59 Å². The molecule has 3 rings (SSSR count). The summed E-state index contributed by atoms with van der Waals surface area (Å²) in [7, 11) is 1.59.